The lowest BCUT2D eigenvalue weighted by molar-refractivity contribution is -0.104. The number of aldehydes is 1. The molecule has 0 aliphatic rings. The number of aromatic amines is 1. The van der Waals surface area contributed by atoms with E-state index in [4.69, 9.17) is 0 Å². The molecule has 1 aromatic rings. The number of H-pyrrole nitrogens is 1. The molecule has 0 fully saturated rings. The molecule has 0 spiro atoms. The molecule has 10 heavy (non-hydrogen) atoms. The first kappa shape index (κ1) is 7.39. The van der Waals surface area contributed by atoms with Crippen LogP contribution in [0.25, 0.3) is 0 Å². The molecule has 0 saturated heterocycles. The van der Waals surface area contributed by atoms with Crippen molar-refractivity contribution in [1.82, 2.24) is 9.97 Å². The SMILES string of the molecule is O=CC(=O)c1cnc(I)[nH]1. The van der Waals surface area contributed by atoms with Crippen LogP contribution in [0, 0.1) is 3.83 Å². The third-order valence-corrected chi connectivity index (χ3v) is 1.47. The minimum Gasteiger partial charge on any atom is -0.331 e. The topological polar surface area (TPSA) is 62.8 Å². The number of rotatable bonds is 2. The third kappa shape index (κ3) is 1.41. The monoisotopic (exact) mass is 250 g/mol. The lowest BCUT2D eigenvalue weighted by Crippen LogP contribution is -1.99. The Morgan fingerprint density at radius 3 is 2.90 bits per heavy atom. The van der Waals surface area contributed by atoms with Gasteiger partial charge in [-0.1, -0.05) is 0 Å². The summed E-state index contributed by atoms with van der Waals surface area (Å²) in [6.45, 7) is 0. The van der Waals surface area contributed by atoms with E-state index in [0.29, 0.717) is 3.83 Å². The average Bonchev–Trinajstić information content (AvgIpc) is 2.34. The van der Waals surface area contributed by atoms with Crippen molar-refractivity contribution in [2.75, 3.05) is 0 Å². The quantitative estimate of drug-likeness (QED) is 0.357. The van der Waals surface area contributed by atoms with Crippen LogP contribution >= 0.6 is 22.6 Å². The molecule has 0 aromatic carbocycles. The zero-order chi connectivity index (χ0) is 7.56. The van der Waals surface area contributed by atoms with E-state index in [2.05, 4.69) is 9.97 Å². The highest BCUT2D eigenvalue weighted by molar-refractivity contribution is 14.1. The van der Waals surface area contributed by atoms with Crippen LogP contribution in [-0.2, 0) is 4.79 Å². The van der Waals surface area contributed by atoms with Gasteiger partial charge in [0.1, 0.15) is 5.69 Å². The Morgan fingerprint density at radius 2 is 2.50 bits per heavy atom. The molecule has 1 aromatic heterocycles. The Hall–Kier alpha value is -0.720. The van der Waals surface area contributed by atoms with Crippen molar-refractivity contribution < 1.29 is 9.59 Å². The zero-order valence-electron chi connectivity index (χ0n) is 4.80. The fraction of sp³-hybridized carbons (Fsp3) is 0. The van der Waals surface area contributed by atoms with E-state index >= 15 is 0 Å². The van der Waals surface area contributed by atoms with Gasteiger partial charge in [0.05, 0.1) is 6.20 Å². The first-order valence-corrected chi connectivity index (χ1v) is 3.52. The highest BCUT2D eigenvalue weighted by atomic mass is 127. The number of aromatic nitrogens is 2. The van der Waals surface area contributed by atoms with Crippen molar-refractivity contribution >= 4 is 34.7 Å². The summed E-state index contributed by atoms with van der Waals surface area (Å²) in [6, 6.07) is 0. The summed E-state index contributed by atoms with van der Waals surface area (Å²) in [4.78, 5) is 26.9. The standard InChI is InChI=1S/C5H3IN2O2/c6-5-7-1-3(8-5)4(10)2-9/h1-2H,(H,7,8). The van der Waals surface area contributed by atoms with E-state index in [-0.39, 0.29) is 12.0 Å². The van der Waals surface area contributed by atoms with Crippen LogP contribution in [0.5, 0.6) is 0 Å². The minimum atomic E-state index is -0.574. The molecule has 1 rings (SSSR count). The smallest absolute Gasteiger partial charge is 0.243 e. The van der Waals surface area contributed by atoms with Gasteiger partial charge in [-0.15, -0.1) is 0 Å². The van der Waals surface area contributed by atoms with E-state index < -0.39 is 5.78 Å². The molecule has 0 radical (unpaired) electrons. The number of nitrogens with one attached hydrogen (secondary N) is 1. The molecular formula is C5H3IN2O2. The van der Waals surface area contributed by atoms with Crippen molar-refractivity contribution in [1.29, 1.82) is 0 Å². The van der Waals surface area contributed by atoms with Gasteiger partial charge in [-0.25, -0.2) is 4.98 Å². The Kier molecular flexibility index (Phi) is 2.15. The first-order valence-electron chi connectivity index (χ1n) is 2.44. The average molecular weight is 250 g/mol. The Balaban J connectivity index is 2.95. The number of imidazole rings is 1. The zero-order valence-corrected chi connectivity index (χ0v) is 6.95. The molecule has 0 saturated carbocycles. The molecule has 0 unspecified atom stereocenters. The van der Waals surface area contributed by atoms with Crippen LogP contribution in [0.15, 0.2) is 6.20 Å². The summed E-state index contributed by atoms with van der Waals surface area (Å²) in [6.07, 6.45) is 1.59. The van der Waals surface area contributed by atoms with Crippen LogP contribution in [-0.4, -0.2) is 22.0 Å². The third-order valence-electron chi connectivity index (χ3n) is 0.917. The number of hydrogen-bond acceptors (Lipinski definition) is 3. The molecule has 5 heteroatoms. The van der Waals surface area contributed by atoms with Gasteiger partial charge in [0.15, 0.2) is 10.1 Å². The van der Waals surface area contributed by atoms with Gasteiger partial charge in [-0.2, -0.15) is 0 Å². The van der Waals surface area contributed by atoms with Crippen molar-refractivity contribution in [2.45, 2.75) is 0 Å². The lowest BCUT2D eigenvalue weighted by Gasteiger charge is -1.80. The van der Waals surface area contributed by atoms with Crippen LogP contribution in [0.4, 0.5) is 0 Å². The second-order valence-electron chi connectivity index (χ2n) is 1.57. The maximum Gasteiger partial charge on any atom is 0.243 e. The predicted octanol–water partition coefficient (Wildman–Crippen LogP) is 0.396. The number of nitrogens with zero attached hydrogens (tertiary/aromatic N) is 1. The Morgan fingerprint density at radius 1 is 1.80 bits per heavy atom. The molecule has 4 nitrogen and oxygen atoms in total. The van der Waals surface area contributed by atoms with Gasteiger partial charge in [0, 0.05) is 0 Å². The Bertz CT molecular complexity index is 268. The summed E-state index contributed by atoms with van der Waals surface area (Å²) >= 11 is 1.92. The molecule has 0 aliphatic carbocycles. The predicted molar refractivity (Wildman–Crippen MR) is 41.7 cm³/mol. The molecule has 0 aliphatic heterocycles. The van der Waals surface area contributed by atoms with E-state index in [0.717, 1.165) is 0 Å². The maximum absolute atomic E-state index is 10.6. The molecule has 0 atom stereocenters. The number of carbonyl (C=O) groups excluding carboxylic acids is 2. The van der Waals surface area contributed by atoms with E-state index in [1.165, 1.54) is 6.20 Å². The molecule has 52 valence electrons. The van der Waals surface area contributed by atoms with Crippen molar-refractivity contribution in [3.8, 4) is 0 Å². The summed E-state index contributed by atoms with van der Waals surface area (Å²) in [5, 5.41) is 0. The summed E-state index contributed by atoms with van der Waals surface area (Å²) in [5.74, 6) is -0.574. The first-order chi connectivity index (χ1) is 4.74. The number of ketones is 1. The molecule has 0 amide bonds. The highest BCUT2D eigenvalue weighted by Gasteiger charge is 2.05. The largest absolute Gasteiger partial charge is 0.331 e. The van der Waals surface area contributed by atoms with Crippen LogP contribution in [0.1, 0.15) is 10.5 Å². The minimum absolute atomic E-state index is 0.236. The summed E-state index contributed by atoms with van der Waals surface area (Å²) in [7, 11) is 0. The normalized spacial score (nSPS) is 9.30. The van der Waals surface area contributed by atoms with E-state index in [9.17, 15) is 9.59 Å². The van der Waals surface area contributed by atoms with Gasteiger partial charge in [0.2, 0.25) is 5.78 Å². The van der Waals surface area contributed by atoms with Gasteiger partial charge in [-0.05, 0) is 22.6 Å². The fourth-order valence-corrected chi connectivity index (χ4v) is 0.915. The Labute approximate surface area is 70.2 Å². The highest BCUT2D eigenvalue weighted by Crippen LogP contribution is 1.99. The number of carbonyl (C=O) groups is 2. The van der Waals surface area contributed by atoms with E-state index in [1.807, 2.05) is 22.6 Å². The second kappa shape index (κ2) is 2.91. The van der Waals surface area contributed by atoms with Gasteiger partial charge >= 0.3 is 0 Å². The number of Topliss-reactive ketones (excluding diaryl/α,β-unsaturated/α-hetero) is 1. The molecular weight excluding hydrogens is 247 g/mol. The number of hydrogen-bond donors (Lipinski definition) is 1. The summed E-state index contributed by atoms with van der Waals surface area (Å²) in [5.41, 5.74) is 0.236. The van der Waals surface area contributed by atoms with Gasteiger partial charge in [-0.3, -0.25) is 9.59 Å². The van der Waals surface area contributed by atoms with Crippen LogP contribution in [0.3, 0.4) is 0 Å². The van der Waals surface area contributed by atoms with Crippen LogP contribution in [0.2, 0.25) is 0 Å². The van der Waals surface area contributed by atoms with Gasteiger partial charge in [0.25, 0.3) is 0 Å². The molecule has 1 N–H and O–H groups in total. The lowest BCUT2D eigenvalue weighted by atomic mass is 10.3. The molecule has 0 bridgehead atoms. The van der Waals surface area contributed by atoms with Crippen molar-refractivity contribution in [2.24, 2.45) is 0 Å². The van der Waals surface area contributed by atoms with Gasteiger partial charge < -0.3 is 4.98 Å². The van der Waals surface area contributed by atoms with Crippen molar-refractivity contribution in [3.05, 3.63) is 15.7 Å². The van der Waals surface area contributed by atoms with E-state index in [1.54, 1.807) is 0 Å². The molecule has 1 heterocycles. The van der Waals surface area contributed by atoms with Crippen LogP contribution < -0.4 is 0 Å². The second-order valence-corrected chi connectivity index (χ2v) is 2.59. The number of halogens is 1. The fourth-order valence-electron chi connectivity index (χ4n) is 0.486. The summed E-state index contributed by atoms with van der Waals surface area (Å²) < 4.78 is 0.600. The maximum atomic E-state index is 10.6. The van der Waals surface area contributed by atoms with Crippen molar-refractivity contribution in [3.63, 3.8) is 0 Å².